The predicted molar refractivity (Wildman–Crippen MR) is 133 cm³/mol. The van der Waals surface area contributed by atoms with Crippen molar-refractivity contribution in [2.75, 3.05) is 18.1 Å². The van der Waals surface area contributed by atoms with Crippen LogP contribution >= 0.6 is 0 Å². The highest BCUT2D eigenvalue weighted by Crippen LogP contribution is 2.32. The van der Waals surface area contributed by atoms with Gasteiger partial charge in [0.05, 0.1) is 28.7 Å². The third-order valence-corrected chi connectivity index (χ3v) is 5.90. The number of pyridine rings is 2. The molecule has 0 radical (unpaired) electrons. The molecule has 0 unspecified atom stereocenters. The largest absolute Gasteiger partial charge is 0.395 e. The van der Waals surface area contributed by atoms with Crippen LogP contribution in [0, 0.1) is 0 Å². The minimum absolute atomic E-state index is 0.142. The lowest BCUT2D eigenvalue weighted by molar-refractivity contribution is 0.0981. The molecule has 0 atom stereocenters. The molecule has 6 aromatic rings. The van der Waals surface area contributed by atoms with Crippen LogP contribution in [-0.2, 0) is 0 Å². The molecule has 34 heavy (non-hydrogen) atoms. The molecular formula is C27H19N5O2. The molecule has 6 rings (SSSR count). The minimum Gasteiger partial charge on any atom is -0.395 e. The number of aliphatic hydroxyl groups excluding tert-OH is 1. The standard InChI is InChI=1S/C27H19N5O2/c33-15-14-32(18-6-2-1-3-7-18)27(34)17-10-11-21-22(16-17)31-26-24-20(9-5-13-29-24)19-8-4-12-28-23(19)25(26)30-21/h1-13,16,33H,14-15H2. The van der Waals surface area contributed by atoms with Crippen LogP contribution in [0.5, 0.6) is 0 Å². The van der Waals surface area contributed by atoms with Crippen molar-refractivity contribution in [1.82, 2.24) is 19.9 Å². The highest BCUT2D eigenvalue weighted by Gasteiger charge is 2.19. The van der Waals surface area contributed by atoms with Crippen molar-refractivity contribution in [3.05, 3.63) is 90.8 Å². The average molecular weight is 445 g/mol. The number of rotatable bonds is 4. The van der Waals surface area contributed by atoms with Gasteiger partial charge in [0.25, 0.3) is 5.91 Å². The molecule has 0 spiro atoms. The molecule has 3 heterocycles. The SMILES string of the molecule is O=C(c1ccc2nc3c4ncccc4c4cccnc4c3nc2c1)N(CCO)c1ccccc1. The molecule has 7 heteroatoms. The van der Waals surface area contributed by atoms with E-state index in [2.05, 4.69) is 9.97 Å². The smallest absolute Gasteiger partial charge is 0.258 e. The van der Waals surface area contributed by atoms with Gasteiger partial charge in [0, 0.05) is 41.0 Å². The maximum absolute atomic E-state index is 13.4. The normalized spacial score (nSPS) is 11.4. The Morgan fingerprint density at radius 3 is 2.03 bits per heavy atom. The fraction of sp³-hybridized carbons (Fsp3) is 0.0741. The number of benzene rings is 3. The van der Waals surface area contributed by atoms with Crippen LogP contribution in [0.4, 0.5) is 5.69 Å². The van der Waals surface area contributed by atoms with E-state index in [1.807, 2.05) is 54.6 Å². The second-order valence-corrected chi connectivity index (χ2v) is 7.94. The van der Waals surface area contributed by atoms with Crippen molar-refractivity contribution >= 4 is 55.5 Å². The van der Waals surface area contributed by atoms with Crippen LogP contribution in [0.25, 0.3) is 43.9 Å². The summed E-state index contributed by atoms with van der Waals surface area (Å²) in [5, 5.41) is 11.5. The van der Waals surface area contributed by atoms with E-state index >= 15 is 0 Å². The number of hydrogen-bond acceptors (Lipinski definition) is 6. The van der Waals surface area contributed by atoms with Crippen LogP contribution in [0.15, 0.2) is 85.2 Å². The Morgan fingerprint density at radius 2 is 1.38 bits per heavy atom. The van der Waals surface area contributed by atoms with E-state index in [0.717, 1.165) is 27.5 Å². The van der Waals surface area contributed by atoms with Gasteiger partial charge in [-0.15, -0.1) is 0 Å². The number of para-hydroxylation sites is 1. The first kappa shape index (κ1) is 20.1. The summed E-state index contributed by atoms with van der Waals surface area (Å²) in [6.07, 6.45) is 3.49. The van der Waals surface area contributed by atoms with Gasteiger partial charge < -0.3 is 10.0 Å². The van der Waals surface area contributed by atoms with Crippen LogP contribution in [-0.4, -0.2) is 44.1 Å². The Kier molecular flexibility index (Phi) is 4.82. The summed E-state index contributed by atoms with van der Waals surface area (Å²) in [5.41, 5.74) is 5.29. The summed E-state index contributed by atoms with van der Waals surface area (Å²) in [5.74, 6) is -0.216. The minimum atomic E-state index is -0.216. The van der Waals surface area contributed by atoms with E-state index in [9.17, 15) is 9.90 Å². The molecule has 0 aliphatic carbocycles. The first-order valence-corrected chi connectivity index (χ1v) is 11.0. The van der Waals surface area contributed by atoms with Gasteiger partial charge in [-0.3, -0.25) is 14.8 Å². The fourth-order valence-electron chi connectivity index (χ4n) is 4.35. The van der Waals surface area contributed by atoms with E-state index in [4.69, 9.17) is 9.97 Å². The Bertz CT molecular complexity index is 1700. The highest BCUT2D eigenvalue weighted by atomic mass is 16.3. The van der Waals surface area contributed by atoms with Crippen molar-refractivity contribution < 1.29 is 9.90 Å². The van der Waals surface area contributed by atoms with Gasteiger partial charge in [0.15, 0.2) is 0 Å². The number of fused-ring (bicyclic) bond motifs is 7. The van der Waals surface area contributed by atoms with E-state index < -0.39 is 0 Å². The van der Waals surface area contributed by atoms with E-state index in [1.54, 1.807) is 35.5 Å². The monoisotopic (exact) mass is 445 g/mol. The zero-order valence-electron chi connectivity index (χ0n) is 18.1. The molecule has 3 aromatic heterocycles. The first-order valence-electron chi connectivity index (χ1n) is 11.0. The fourth-order valence-corrected chi connectivity index (χ4v) is 4.35. The number of carbonyl (C=O) groups is 1. The lowest BCUT2D eigenvalue weighted by Crippen LogP contribution is -2.33. The summed E-state index contributed by atoms with van der Waals surface area (Å²) >= 11 is 0. The summed E-state index contributed by atoms with van der Waals surface area (Å²) in [6.45, 7) is 0.0485. The summed E-state index contributed by atoms with van der Waals surface area (Å²) in [6, 6.07) is 22.4. The van der Waals surface area contributed by atoms with Crippen molar-refractivity contribution in [2.24, 2.45) is 0 Å². The number of hydrogen-bond donors (Lipinski definition) is 1. The van der Waals surface area contributed by atoms with E-state index in [0.29, 0.717) is 27.6 Å². The summed E-state index contributed by atoms with van der Waals surface area (Å²) < 4.78 is 0. The third kappa shape index (κ3) is 3.22. The molecule has 164 valence electrons. The third-order valence-electron chi connectivity index (χ3n) is 5.90. The van der Waals surface area contributed by atoms with Crippen LogP contribution < -0.4 is 4.90 Å². The van der Waals surface area contributed by atoms with Gasteiger partial charge in [-0.1, -0.05) is 30.3 Å². The quantitative estimate of drug-likeness (QED) is 0.317. The summed E-state index contributed by atoms with van der Waals surface area (Å²) in [4.78, 5) is 33.8. The molecule has 0 aliphatic heterocycles. The Morgan fingerprint density at radius 1 is 0.735 bits per heavy atom. The van der Waals surface area contributed by atoms with Crippen molar-refractivity contribution in [3.63, 3.8) is 0 Å². The van der Waals surface area contributed by atoms with Crippen molar-refractivity contribution in [2.45, 2.75) is 0 Å². The number of anilines is 1. The van der Waals surface area contributed by atoms with E-state index in [1.165, 1.54) is 0 Å². The molecule has 0 bridgehead atoms. The molecule has 1 amide bonds. The number of aliphatic hydroxyl groups is 1. The van der Waals surface area contributed by atoms with Gasteiger partial charge >= 0.3 is 0 Å². The maximum Gasteiger partial charge on any atom is 0.258 e. The van der Waals surface area contributed by atoms with Crippen LogP contribution in [0.1, 0.15) is 10.4 Å². The molecule has 1 N–H and O–H groups in total. The number of nitrogens with zero attached hydrogens (tertiary/aromatic N) is 5. The Labute approximate surface area is 194 Å². The highest BCUT2D eigenvalue weighted by molar-refractivity contribution is 6.21. The molecule has 0 saturated heterocycles. The van der Waals surface area contributed by atoms with Crippen molar-refractivity contribution in [1.29, 1.82) is 0 Å². The molecule has 0 saturated carbocycles. The van der Waals surface area contributed by atoms with Gasteiger partial charge in [-0.25, -0.2) is 9.97 Å². The maximum atomic E-state index is 13.4. The number of carbonyl (C=O) groups excluding carboxylic acids is 1. The van der Waals surface area contributed by atoms with Gasteiger partial charge in [0.1, 0.15) is 11.0 Å². The Balaban J connectivity index is 1.56. The lowest BCUT2D eigenvalue weighted by Gasteiger charge is -2.22. The number of aromatic nitrogens is 4. The molecule has 3 aromatic carbocycles. The zero-order valence-corrected chi connectivity index (χ0v) is 18.1. The summed E-state index contributed by atoms with van der Waals surface area (Å²) in [7, 11) is 0. The molecule has 0 fully saturated rings. The average Bonchev–Trinajstić information content (AvgIpc) is 2.91. The first-order chi connectivity index (χ1) is 16.7. The number of amides is 1. The van der Waals surface area contributed by atoms with Gasteiger partial charge in [-0.2, -0.15) is 0 Å². The second-order valence-electron chi connectivity index (χ2n) is 7.94. The lowest BCUT2D eigenvalue weighted by atomic mass is 10.1. The molecule has 7 nitrogen and oxygen atoms in total. The predicted octanol–water partition coefficient (Wildman–Crippen LogP) is 4.52. The van der Waals surface area contributed by atoms with Crippen molar-refractivity contribution in [3.8, 4) is 0 Å². The van der Waals surface area contributed by atoms with Crippen LogP contribution in [0.3, 0.4) is 0 Å². The molecular weight excluding hydrogens is 426 g/mol. The van der Waals surface area contributed by atoms with Crippen LogP contribution in [0.2, 0.25) is 0 Å². The second kappa shape index (κ2) is 8.13. The topological polar surface area (TPSA) is 92.1 Å². The van der Waals surface area contributed by atoms with Gasteiger partial charge in [-0.05, 0) is 42.5 Å². The Hall–Kier alpha value is -4.49. The molecule has 0 aliphatic rings. The zero-order chi connectivity index (χ0) is 23.1. The van der Waals surface area contributed by atoms with Gasteiger partial charge in [0.2, 0.25) is 0 Å². The van der Waals surface area contributed by atoms with E-state index in [-0.39, 0.29) is 19.1 Å².